The lowest BCUT2D eigenvalue weighted by atomic mass is 9.44. The number of carboxylic acid groups (broad SMARTS) is 1. The van der Waals surface area contributed by atoms with E-state index < -0.39 is 170 Å². The molecular weight excluding hydrogens is 1800 g/mol. The van der Waals surface area contributed by atoms with Gasteiger partial charge in [-0.1, -0.05) is 312 Å². The van der Waals surface area contributed by atoms with Crippen LogP contribution in [0.4, 0.5) is 5.69 Å². The molecule has 1 saturated heterocycles. The Balaban J connectivity index is 0.0000133. The number of carbonyl (C=O) groups excluding carboxylic acids is 11. The van der Waals surface area contributed by atoms with Gasteiger partial charge in [0.05, 0.1) is 64.1 Å². The number of hydrogen-bond acceptors (Lipinski definition) is 24. The molecule has 2 bridgehead atoms. The van der Waals surface area contributed by atoms with Crippen molar-refractivity contribution in [1.29, 1.82) is 0 Å². The Labute approximate surface area is 832 Å². The highest BCUT2D eigenvalue weighted by molar-refractivity contribution is 7.45. The quantitative estimate of drug-likeness (QED) is 0.00812. The van der Waals surface area contributed by atoms with E-state index >= 15 is 14.4 Å². The standard InChI is InChI=1S/C110H154N3O24P.2CH4/c1-79-90(133-106(125)100(98(85-53-43-38-44-54-85)112-104(123)86-55-45-39-46-56-86)135-96(121)71-69-93(117)111-88-66-64-83(65-67-88)52-42-35-31-27-23-19-14-10-11-16-20-24-28-32-36-49-59-94(118)119)77-110(126)103(136-105(124)87-57-47-40-48-58-87)101-108(6,102(122)99(132-80(2)114)97(79)107(110,4)5)91(76-92-109(101,78-129-92)137-81(3)115)134-95(120)70-68-89(116)75-84-62-60-82(61-63-84)51-41-34-30-26-22-18-15-12-13-17-21-25-29-33-37-50-73-130-138(127,128)131-74-72-113(7,8)9;;/h38-40,43-48,53-58,60-67,90-92,98-101,103,126H,10-37,41-42,49-52,59,68-78H2,1-9H3,(H3-,111,112,117,118,119,123,127,128);2*1H4/p-1/t90-,91-,92+,98-,99+,100+,101-,103-,108+,109-,110+;;/m0../s1. The summed E-state index contributed by atoms with van der Waals surface area (Å²) in [4.78, 5) is 170. The minimum Gasteiger partial charge on any atom is -0.756 e. The van der Waals surface area contributed by atoms with Gasteiger partial charge in [0.25, 0.3) is 13.7 Å². The topological polar surface area (TPSA) is 378 Å². The number of quaternary nitrogens is 1. The molecule has 1 unspecified atom stereocenters. The minimum atomic E-state index is -4.25. The van der Waals surface area contributed by atoms with E-state index in [1.165, 1.54) is 168 Å². The van der Waals surface area contributed by atoms with Crippen LogP contribution >= 0.6 is 7.82 Å². The number of rotatable bonds is 64. The molecule has 3 fully saturated rings. The summed E-state index contributed by atoms with van der Waals surface area (Å²) in [6, 6.07) is 37.7. The first-order chi connectivity index (χ1) is 66.0. The number of ketones is 2. The summed E-state index contributed by atoms with van der Waals surface area (Å²) in [6.07, 6.45) is 24.7. The van der Waals surface area contributed by atoms with Crippen molar-refractivity contribution in [2.24, 2.45) is 16.7 Å². The van der Waals surface area contributed by atoms with Crippen LogP contribution < -0.4 is 20.6 Å². The SMILES string of the molecule is C.C.CC(=O)O[C@H]1C(=O)[C@]2(C)[C@@H](OC(=O)CCC(=O)Cc3ccc(CCCCCCCCCCCCCCCCCCOP(=O)([O-])OCC[N+](C)(C)C)cc3)C[C@H]3OC[C@@]3(OC(C)=O)[C@H]2[C@H](OC(=O)c2ccccc2)[C@]2(O)C[C@H](OC(=O)[C@H](OC(=O)CCC(=O)Nc3ccc(CCCCCCCCCCCCCCCCCCC(=O)[O-])cc3)[C@@H](NC(=O)c3ccccc3)c3ccccc3)C(C)=C1C2(C)C. The van der Waals surface area contributed by atoms with Gasteiger partial charge in [-0.2, -0.15) is 0 Å². The molecule has 0 aromatic heterocycles. The second kappa shape index (κ2) is 58.8. The maximum Gasteiger partial charge on any atom is 0.350 e. The summed E-state index contributed by atoms with van der Waals surface area (Å²) in [5.74, 6) is -11.4. The molecule has 1 aliphatic heterocycles. The third-order valence-corrected chi connectivity index (χ3v) is 29.0. The number of esters is 6. The number of phosphoric acid groups is 1. The van der Waals surface area contributed by atoms with Gasteiger partial charge in [-0.05, 0) is 129 Å². The smallest absolute Gasteiger partial charge is 0.350 e. The number of phosphoric ester groups is 1. The summed E-state index contributed by atoms with van der Waals surface area (Å²) in [5, 5.41) is 31.0. The number of ether oxygens (including phenoxy) is 7. The lowest BCUT2D eigenvalue weighted by Crippen LogP contribution is -2.82. The van der Waals surface area contributed by atoms with Crippen molar-refractivity contribution in [3.8, 4) is 0 Å². The zero-order valence-corrected chi connectivity index (χ0v) is 84.1. The first-order valence-corrected chi connectivity index (χ1v) is 52.3. The number of hydrogen-bond donors (Lipinski definition) is 3. The van der Waals surface area contributed by atoms with Crippen molar-refractivity contribution in [1.82, 2.24) is 5.32 Å². The van der Waals surface area contributed by atoms with E-state index in [0.29, 0.717) is 29.6 Å². The molecule has 0 spiro atoms. The van der Waals surface area contributed by atoms with Crippen LogP contribution in [-0.2, 0) is 109 Å². The number of likely N-dealkylation sites (N-methyl/N-ethyl adjacent to an activating group) is 1. The minimum absolute atomic E-state index is 0. The third kappa shape index (κ3) is 36.4. The lowest BCUT2D eigenvalue weighted by molar-refractivity contribution is -0.870. The van der Waals surface area contributed by atoms with Crippen LogP contribution in [0.25, 0.3) is 0 Å². The number of amides is 2. The second-order valence-electron chi connectivity index (χ2n) is 40.1. The van der Waals surface area contributed by atoms with Crippen LogP contribution in [0.2, 0.25) is 0 Å². The van der Waals surface area contributed by atoms with Crippen molar-refractivity contribution in [3.63, 3.8) is 0 Å². The van der Waals surface area contributed by atoms with Crippen LogP contribution in [0.3, 0.4) is 0 Å². The van der Waals surface area contributed by atoms with Crippen molar-refractivity contribution in [3.05, 3.63) is 184 Å². The van der Waals surface area contributed by atoms with Gasteiger partial charge in [-0.3, -0.25) is 42.9 Å². The van der Waals surface area contributed by atoms with E-state index in [4.69, 9.17) is 42.2 Å². The number of anilines is 1. The number of carboxylic acids is 1. The van der Waals surface area contributed by atoms with Gasteiger partial charge < -0.3 is 77.2 Å². The highest BCUT2D eigenvalue weighted by atomic mass is 31.2. The Hall–Kier alpha value is -9.60. The molecule has 5 aromatic rings. The van der Waals surface area contributed by atoms with Crippen molar-refractivity contribution >= 4 is 78.7 Å². The third-order valence-electron chi connectivity index (χ3n) is 28.0. The number of nitrogens with one attached hydrogen (secondary N) is 2. The number of fused-ring (bicyclic) bond motifs is 5. The number of Topliss-reactive ketones (excluding diaryl/α,β-unsaturated/α-hetero) is 2. The summed E-state index contributed by atoms with van der Waals surface area (Å²) >= 11 is 0. The van der Waals surface area contributed by atoms with Crippen LogP contribution in [-0.4, -0.2) is 170 Å². The Kier molecular flexibility index (Phi) is 49.3. The fraction of sp³-hybridized carbons (Fsp3) is 0.616. The van der Waals surface area contributed by atoms with Gasteiger partial charge in [0.1, 0.15) is 55.0 Å². The first-order valence-electron chi connectivity index (χ1n) is 50.9. The second-order valence-corrected chi connectivity index (χ2v) is 41.5. The van der Waals surface area contributed by atoms with Crippen LogP contribution in [0, 0.1) is 16.7 Å². The van der Waals surface area contributed by atoms with Gasteiger partial charge in [-0.15, -0.1) is 0 Å². The average Bonchev–Trinajstić information content (AvgIpc) is 0.665. The maximum absolute atomic E-state index is 16.9. The number of aliphatic hydroxyl groups is 1. The largest absolute Gasteiger partial charge is 0.756 e. The predicted octanol–water partition coefficient (Wildman–Crippen LogP) is 20.0. The Morgan fingerprint density at radius 1 is 0.536 bits per heavy atom. The molecule has 2 amide bonds. The molecule has 0 radical (unpaired) electrons. The molecule has 1 heterocycles. The van der Waals surface area contributed by atoms with Crippen LogP contribution in [0.1, 0.15) is 356 Å². The fourth-order valence-electron chi connectivity index (χ4n) is 20.0. The van der Waals surface area contributed by atoms with Gasteiger partial charge in [-0.25, -0.2) is 9.59 Å². The van der Waals surface area contributed by atoms with E-state index in [0.717, 1.165) is 120 Å². The van der Waals surface area contributed by atoms with E-state index in [1.54, 1.807) is 78.9 Å². The van der Waals surface area contributed by atoms with Crippen molar-refractivity contribution < 1.29 is 119 Å². The average molecular weight is 1960 g/mol. The Morgan fingerprint density at radius 3 is 1.49 bits per heavy atom. The normalized spacial score (nSPS) is 20.9. The number of benzene rings is 5. The molecule has 4 aliphatic rings. The van der Waals surface area contributed by atoms with E-state index in [2.05, 4.69) is 10.6 Å². The molecule has 774 valence electrons. The van der Waals surface area contributed by atoms with E-state index in [-0.39, 0.29) is 87.4 Å². The zero-order valence-electron chi connectivity index (χ0n) is 83.2. The maximum atomic E-state index is 16.9. The van der Waals surface area contributed by atoms with Gasteiger partial charge in [0.15, 0.2) is 17.5 Å². The number of aryl methyl sites for hydroxylation is 2. The molecular formula is C112H161N3O24P-. The highest BCUT2D eigenvalue weighted by Gasteiger charge is 2.79. The summed E-state index contributed by atoms with van der Waals surface area (Å²) < 4.78 is 67.5. The summed E-state index contributed by atoms with van der Waals surface area (Å²) in [6.45, 7) is 8.54. The zero-order chi connectivity index (χ0) is 99.7. The summed E-state index contributed by atoms with van der Waals surface area (Å²) in [7, 11) is 1.66. The number of unbranched alkanes of at least 4 members (excludes halogenated alkanes) is 30. The Bertz CT molecular complexity index is 4790. The van der Waals surface area contributed by atoms with Crippen molar-refractivity contribution in [2.45, 2.75) is 380 Å². The molecule has 5 aromatic carbocycles. The number of carbonyl (C=O) groups is 11. The fourth-order valence-corrected chi connectivity index (χ4v) is 20.8. The number of aliphatic carboxylic acids is 1. The van der Waals surface area contributed by atoms with Crippen molar-refractivity contribution in [2.75, 3.05) is 52.8 Å². The molecule has 140 heavy (non-hydrogen) atoms. The highest BCUT2D eigenvalue weighted by Crippen LogP contribution is 2.65. The van der Waals surface area contributed by atoms with E-state index in [9.17, 15) is 58.0 Å². The monoisotopic (exact) mass is 1960 g/mol. The van der Waals surface area contributed by atoms with Crippen LogP contribution in [0.15, 0.2) is 151 Å². The van der Waals surface area contributed by atoms with Gasteiger partial charge >= 0.3 is 35.8 Å². The number of nitrogens with zero attached hydrogens (tertiary/aromatic N) is 1. The van der Waals surface area contributed by atoms with Gasteiger partial charge in [0.2, 0.25) is 12.0 Å². The molecule has 28 heteroatoms. The first kappa shape index (κ1) is 117. The van der Waals surface area contributed by atoms with Crippen LogP contribution in [0.5, 0.6) is 0 Å². The van der Waals surface area contributed by atoms with E-state index in [1.807, 2.05) is 57.5 Å². The van der Waals surface area contributed by atoms with Gasteiger partial charge in [0, 0.05) is 68.6 Å². The molecule has 9 rings (SSSR count). The molecule has 3 N–H and O–H groups in total. The summed E-state index contributed by atoms with van der Waals surface area (Å²) in [5.41, 5.74) is -5.04. The predicted molar refractivity (Wildman–Crippen MR) is 535 cm³/mol. The lowest BCUT2D eigenvalue weighted by Gasteiger charge is -2.67. The molecule has 3 aliphatic carbocycles. The molecule has 27 nitrogen and oxygen atoms in total. The molecule has 12 atom stereocenters. The molecule has 2 saturated carbocycles. The Morgan fingerprint density at radius 2 is 1.00 bits per heavy atom.